The molecule has 0 atom stereocenters. The Bertz CT molecular complexity index is 698. The van der Waals surface area contributed by atoms with Crippen molar-refractivity contribution >= 4 is 5.78 Å². The van der Waals surface area contributed by atoms with Crippen LogP contribution in [-0.4, -0.2) is 10.4 Å². The number of hydrogen-bond donors (Lipinski definition) is 0. The van der Waals surface area contributed by atoms with Gasteiger partial charge in [-0.1, -0.05) is 24.0 Å². The van der Waals surface area contributed by atoms with E-state index in [1.807, 2.05) is 29.0 Å². The summed E-state index contributed by atoms with van der Waals surface area (Å²) >= 11 is 0. The van der Waals surface area contributed by atoms with Crippen molar-refractivity contribution in [1.29, 1.82) is 0 Å². The minimum Gasteiger partial charge on any atom is -0.344 e. The number of benzene rings is 1. The fourth-order valence-electron chi connectivity index (χ4n) is 2.40. The van der Waals surface area contributed by atoms with Crippen LogP contribution < -0.4 is 0 Å². The van der Waals surface area contributed by atoms with Gasteiger partial charge in [-0.15, -0.1) is 0 Å². The van der Waals surface area contributed by atoms with Crippen LogP contribution in [0.5, 0.6) is 0 Å². The number of hydrogen-bond acceptors (Lipinski definition) is 1. The second-order valence-corrected chi connectivity index (χ2v) is 4.95. The van der Waals surface area contributed by atoms with E-state index in [9.17, 15) is 4.79 Å². The van der Waals surface area contributed by atoms with Crippen LogP contribution in [0.1, 0.15) is 40.0 Å². The summed E-state index contributed by atoms with van der Waals surface area (Å²) in [6, 6.07) is 10.0. The summed E-state index contributed by atoms with van der Waals surface area (Å²) in [5.41, 5.74) is 3.94. The Labute approximate surface area is 113 Å². The van der Waals surface area contributed by atoms with Crippen molar-refractivity contribution in [3.63, 3.8) is 0 Å². The molecule has 94 valence electrons. The van der Waals surface area contributed by atoms with Gasteiger partial charge in [-0.3, -0.25) is 4.79 Å². The number of Topliss-reactive ketones (excluding diaryl/α,β-unsaturated/α-hetero) is 1. The first-order valence-corrected chi connectivity index (χ1v) is 6.54. The first-order chi connectivity index (χ1) is 9.22. The van der Waals surface area contributed by atoms with Crippen molar-refractivity contribution in [3.8, 4) is 11.8 Å². The molecule has 1 aromatic carbocycles. The third-order valence-corrected chi connectivity index (χ3v) is 3.35. The van der Waals surface area contributed by atoms with Gasteiger partial charge in [0.1, 0.15) is 0 Å². The van der Waals surface area contributed by atoms with Gasteiger partial charge in [0.15, 0.2) is 5.78 Å². The standard InChI is InChI=1S/C17H15NO/c1-13-4-2-5-14(10-13)7-8-15-11-16-17(19)6-3-9-18(16)12-15/h2,4-5,10-12H,3,6,9H2,1H3. The van der Waals surface area contributed by atoms with E-state index in [4.69, 9.17) is 0 Å². The minimum absolute atomic E-state index is 0.231. The highest BCUT2D eigenvalue weighted by Crippen LogP contribution is 2.17. The second-order valence-electron chi connectivity index (χ2n) is 4.95. The number of rotatable bonds is 0. The number of carbonyl (C=O) groups is 1. The maximum absolute atomic E-state index is 11.7. The molecule has 0 radical (unpaired) electrons. The lowest BCUT2D eigenvalue weighted by Crippen LogP contribution is -2.14. The molecule has 0 bridgehead atoms. The van der Waals surface area contributed by atoms with Crippen molar-refractivity contribution < 1.29 is 4.79 Å². The molecule has 0 fully saturated rings. The van der Waals surface area contributed by atoms with Gasteiger partial charge in [0.2, 0.25) is 0 Å². The first-order valence-electron chi connectivity index (χ1n) is 6.54. The SMILES string of the molecule is Cc1cccc(C#Cc2cc3n(c2)CCCC3=O)c1. The number of aromatic nitrogens is 1. The summed E-state index contributed by atoms with van der Waals surface area (Å²) in [5, 5.41) is 0. The van der Waals surface area contributed by atoms with Crippen molar-refractivity contribution in [3.05, 3.63) is 58.9 Å². The Hall–Kier alpha value is -2.27. The summed E-state index contributed by atoms with van der Waals surface area (Å²) in [7, 11) is 0. The van der Waals surface area contributed by atoms with Gasteiger partial charge in [-0.25, -0.2) is 0 Å². The Morgan fingerprint density at radius 1 is 1.16 bits per heavy atom. The van der Waals surface area contributed by atoms with Gasteiger partial charge in [0.25, 0.3) is 0 Å². The van der Waals surface area contributed by atoms with Gasteiger partial charge < -0.3 is 4.57 Å². The van der Waals surface area contributed by atoms with E-state index in [1.165, 1.54) is 5.56 Å². The van der Waals surface area contributed by atoms with Gasteiger partial charge in [-0.05, 0) is 37.1 Å². The molecule has 0 N–H and O–H groups in total. The molecule has 2 heteroatoms. The third-order valence-electron chi connectivity index (χ3n) is 3.35. The zero-order chi connectivity index (χ0) is 13.2. The summed E-state index contributed by atoms with van der Waals surface area (Å²) < 4.78 is 2.02. The number of fused-ring (bicyclic) bond motifs is 1. The smallest absolute Gasteiger partial charge is 0.179 e. The molecule has 3 rings (SSSR count). The first kappa shape index (κ1) is 11.8. The molecule has 1 aromatic heterocycles. The molecule has 0 saturated carbocycles. The van der Waals surface area contributed by atoms with Crippen LogP contribution in [-0.2, 0) is 6.54 Å². The summed E-state index contributed by atoms with van der Waals surface area (Å²) in [6.07, 6.45) is 3.58. The molecule has 1 aliphatic rings. The maximum atomic E-state index is 11.7. The Balaban J connectivity index is 1.91. The Morgan fingerprint density at radius 3 is 2.79 bits per heavy atom. The van der Waals surface area contributed by atoms with Crippen LogP contribution in [0.4, 0.5) is 0 Å². The van der Waals surface area contributed by atoms with Crippen molar-refractivity contribution in [2.24, 2.45) is 0 Å². The second kappa shape index (κ2) is 4.78. The minimum atomic E-state index is 0.231. The molecular formula is C17H15NO. The summed E-state index contributed by atoms with van der Waals surface area (Å²) in [6.45, 7) is 2.98. The maximum Gasteiger partial charge on any atom is 0.179 e. The largest absolute Gasteiger partial charge is 0.344 e. The lowest BCUT2D eigenvalue weighted by Gasteiger charge is -2.12. The monoisotopic (exact) mass is 249 g/mol. The number of carbonyl (C=O) groups excluding carboxylic acids is 1. The van der Waals surface area contributed by atoms with Crippen molar-refractivity contribution in [1.82, 2.24) is 4.57 Å². The van der Waals surface area contributed by atoms with E-state index in [1.54, 1.807) is 0 Å². The predicted molar refractivity (Wildman–Crippen MR) is 75.2 cm³/mol. The molecular weight excluding hydrogens is 234 g/mol. The average molecular weight is 249 g/mol. The van der Waals surface area contributed by atoms with Gasteiger partial charge >= 0.3 is 0 Å². The van der Waals surface area contributed by atoms with E-state index in [0.717, 1.165) is 29.8 Å². The molecule has 0 saturated heterocycles. The lowest BCUT2D eigenvalue weighted by molar-refractivity contribution is 0.0955. The van der Waals surface area contributed by atoms with E-state index >= 15 is 0 Å². The average Bonchev–Trinajstić information content (AvgIpc) is 2.81. The van der Waals surface area contributed by atoms with Crippen LogP contribution in [0.15, 0.2) is 36.5 Å². The normalized spacial score (nSPS) is 13.6. The Kier molecular flexibility index (Phi) is 2.97. The molecule has 19 heavy (non-hydrogen) atoms. The highest BCUT2D eigenvalue weighted by molar-refractivity contribution is 5.95. The van der Waals surface area contributed by atoms with Crippen LogP contribution in [0.25, 0.3) is 0 Å². The van der Waals surface area contributed by atoms with Crippen LogP contribution in [0, 0.1) is 18.8 Å². The highest BCUT2D eigenvalue weighted by atomic mass is 16.1. The van der Waals surface area contributed by atoms with E-state index in [0.29, 0.717) is 6.42 Å². The third kappa shape index (κ3) is 2.46. The predicted octanol–water partition coefficient (Wildman–Crippen LogP) is 3.17. The molecule has 0 amide bonds. The molecule has 2 heterocycles. The zero-order valence-corrected chi connectivity index (χ0v) is 10.9. The highest BCUT2D eigenvalue weighted by Gasteiger charge is 2.17. The van der Waals surface area contributed by atoms with Crippen molar-refractivity contribution in [2.75, 3.05) is 0 Å². The number of aryl methyl sites for hydroxylation is 2. The van der Waals surface area contributed by atoms with E-state index in [-0.39, 0.29) is 5.78 Å². The van der Waals surface area contributed by atoms with E-state index < -0.39 is 0 Å². The van der Waals surface area contributed by atoms with Crippen LogP contribution in [0.3, 0.4) is 0 Å². The van der Waals surface area contributed by atoms with Crippen molar-refractivity contribution in [2.45, 2.75) is 26.3 Å². The fraction of sp³-hybridized carbons (Fsp3) is 0.235. The molecule has 2 aromatic rings. The summed E-state index contributed by atoms with van der Waals surface area (Å²) in [4.78, 5) is 11.7. The van der Waals surface area contributed by atoms with E-state index in [2.05, 4.69) is 30.9 Å². The van der Waals surface area contributed by atoms with Gasteiger partial charge in [-0.2, -0.15) is 0 Å². The number of ketones is 1. The number of nitrogens with zero attached hydrogens (tertiary/aromatic N) is 1. The topological polar surface area (TPSA) is 22.0 Å². The molecule has 0 spiro atoms. The molecule has 0 aliphatic carbocycles. The van der Waals surface area contributed by atoms with Crippen LogP contribution in [0.2, 0.25) is 0 Å². The molecule has 0 unspecified atom stereocenters. The lowest BCUT2D eigenvalue weighted by atomic mass is 10.1. The quantitative estimate of drug-likeness (QED) is 0.657. The fourth-order valence-corrected chi connectivity index (χ4v) is 2.40. The van der Waals surface area contributed by atoms with Crippen LogP contribution >= 0.6 is 0 Å². The van der Waals surface area contributed by atoms with Gasteiger partial charge in [0.05, 0.1) is 5.69 Å². The zero-order valence-electron chi connectivity index (χ0n) is 10.9. The molecule has 2 nitrogen and oxygen atoms in total. The summed E-state index contributed by atoms with van der Waals surface area (Å²) in [5.74, 6) is 6.53. The Morgan fingerprint density at radius 2 is 2.00 bits per heavy atom. The molecule has 1 aliphatic heterocycles. The van der Waals surface area contributed by atoms with Gasteiger partial charge in [0, 0.05) is 30.3 Å².